The molecule has 0 aliphatic heterocycles. The van der Waals surface area contributed by atoms with E-state index >= 15 is 0 Å². The summed E-state index contributed by atoms with van der Waals surface area (Å²) in [4.78, 5) is 19.8. The van der Waals surface area contributed by atoms with Crippen molar-refractivity contribution in [2.75, 3.05) is 6.54 Å². The fourth-order valence-corrected chi connectivity index (χ4v) is 3.29. The van der Waals surface area contributed by atoms with Crippen LogP contribution >= 0.6 is 11.3 Å². The van der Waals surface area contributed by atoms with Gasteiger partial charge >= 0.3 is 0 Å². The Hall–Kier alpha value is -3.13. The number of nitrogens with zero attached hydrogens (tertiary/aromatic N) is 5. The highest BCUT2D eigenvalue weighted by molar-refractivity contribution is 7.07. The minimum absolute atomic E-state index is 0.0606. The second-order valence-corrected chi connectivity index (χ2v) is 6.25. The van der Waals surface area contributed by atoms with Crippen molar-refractivity contribution >= 4 is 22.7 Å². The number of rotatable bonds is 5. The van der Waals surface area contributed by atoms with Crippen molar-refractivity contribution in [1.29, 1.82) is 0 Å². The third kappa shape index (κ3) is 3.75. The van der Waals surface area contributed by atoms with E-state index < -0.39 is 4.92 Å². The first-order valence-electron chi connectivity index (χ1n) is 8.02. The van der Waals surface area contributed by atoms with Crippen LogP contribution in [0.1, 0.15) is 19.4 Å². The normalized spacial score (nSPS) is 12.4. The van der Waals surface area contributed by atoms with Gasteiger partial charge in [0.1, 0.15) is 0 Å². The average molecular weight is 367 g/mol. The summed E-state index contributed by atoms with van der Waals surface area (Å²) in [5.41, 5.74) is 3.54. The van der Waals surface area contributed by atoms with Crippen molar-refractivity contribution in [2.24, 2.45) is 10.1 Å². The van der Waals surface area contributed by atoms with Gasteiger partial charge in [-0.05, 0) is 38.1 Å². The Bertz CT molecular complexity index is 1000. The fourth-order valence-electron chi connectivity index (χ4n) is 2.39. The van der Waals surface area contributed by atoms with E-state index in [0.29, 0.717) is 6.54 Å². The molecule has 0 amide bonds. The van der Waals surface area contributed by atoms with E-state index in [1.165, 1.54) is 23.5 Å². The molecule has 2 aromatic heterocycles. The minimum atomic E-state index is -0.408. The second-order valence-electron chi connectivity index (χ2n) is 5.41. The topological polar surface area (TPSA) is 85.7 Å². The number of nitro benzene ring substituents is 1. The molecule has 132 valence electrons. The highest BCUT2D eigenvalue weighted by atomic mass is 32.1. The molecule has 0 atom stereocenters. The van der Waals surface area contributed by atoms with Crippen LogP contribution in [0.4, 0.5) is 5.69 Å². The van der Waals surface area contributed by atoms with Crippen LogP contribution in [0, 0.1) is 10.1 Å². The molecule has 0 spiro atoms. The van der Waals surface area contributed by atoms with E-state index in [1.807, 2.05) is 31.4 Å². The zero-order valence-corrected chi connectivity index (χ0v) is 15.2. The van der Waals surface area contributed by atoms with Crippen LogP contribution < -0.4 is 4.80 Å². The predicted molar refractivity (Wildman–Crippen MR) is 102 cm³/mol. The molecule has 0 radical (unpaired) electrons. The smallest absolute Gasteiger partial charge is 0.265 e. The van der Waals surface area contributed by atoms with Crippen molar-refractivity contribution in [2.45, 2.75) is 13.8 Å². The SMILES string of the molecule is CCN=c1scc(-c2ccc([N+](=O)[O-])cc2)n1N=C(C)c1ccncc1. The van der Waals surface area contributed by atoms with Crippen LogP contribution in [0.3, 0.4) is 0 Å². The van der Waals surface area contributed by atoms with Gasteiger partial charge in [-0.1, -0.05) is 0 Å². The number of benzene rings is 1. The maximum Gasteiger partial charge on any atom is 0.269 e. The van der Waals surface area contributed by atoms with Crippen LogP contribution in [0.2, 0.25) is 0 Å². The Balaban J connectivity index is 2.10. The molecule has 0 saturated heterocycles. The van der Waals surface area contributed by atoms with Gasteiger partial charge in [0.05, 0.1) is 16.3 Å². The molecule has 0 saturated carbocycles. The summed E-state index contributed by atoms with van der Waals surface area (Å²) in [5, 5.41) is 17.6. The Morgan fingerprint density at radius 2 is 1.92 bits per heavy atom. The quantitative estimate of drug-likeness (QED) is 0.391. The highest BCUT2D eigenvalue weighted by Gasteiger charge is 2.11. The fraction of sp³-hybridized carbons (Fsp3) is 0.167. The number of non-ortho nitro benzene ring substituents is 1. The lowest BCUT2D eigenvalue weighted by atomic mass is 10.1. The lowest BCUT2D eigenvalue weighted by Crippen LogP contribution is -2.14. The molecular weight excluding hydrogens is 350 g/mol. The summed E-state index contributed by atoms with van der Waals surface area (Å²) in [7, 11) is 0. The van der Waals surface area contributed by atoms with E-state index in [4.69, 9.17) is 5.10 Å². The minimum Gasteiger partial charge on any atom is -0.265 e. The largest absolute Gasteiger partial charge is 0.269 e. The molecule has 7 nitrogen and oxygen atoms in total. The Labute approximate surface area is 154 Å². The third-order valence-corrected chi connectivity index (χ3v) is 4.55. The van der Waals surface area contributed by atoms with Crippen molar-refractivity contribution in [3.63, 3.8) is 0 Å². The molecular formula is C18H17N5O2S. The van der Waals surface area contributed by atoms with Gasteiger partial charge in [0.2, 0.25) is 4.80 Å². The van der Waals surface area contributed by atoms with Crippen LogP contribution in [-0.4, -0.2) is 26.8 Å². The van der Waals surface area contributed by atoms with E-state index in [9.17, 15) is 10.1 Å². The number of thiazole rings is 1. The molecule has 0 unspecified atom stereocenters. The van der Waals surface area contributed by atoms with E-state index in [1.54, 1.807) is 29.2 Å². The van der Waals surface area contributed by atoms with E-state index in [-0.39, 0.29) is 5.69 Å². The van der Waals surface area contributed by atoms with Gasteiger partial charge < -0.3 is 0 Å². The summed E-state index contributed by atoms with van der Waals surface area (Å²) in [6.45, 7) is 4.54. The molecule has 26 heavy (non-hydrogen) atoms. The summed E-state index contributed by atoms with van der Waals surface area (Å²) >= 11 is 1.49. The zero-order valence-electron chi connectivity index (χ0n) is 14.4. The van der Waals surface area contributed by atoms with Gasteiger partial charge in [-0.3, -0.25) is 20.1 Å². The van der Waals surface area contributed by atoms with E-state index in [0.717, 1.165) is 27.3 Å². The maximum absolute atomic E-state index is 10.9. The van der Waals surface area contributed by atoms with Gasteiger partial charge in [0, 0.05) is 47.6 Å². The standard InChI is InChI=1S/C18H17N5O2S/c1-3-20-18-22(21-13(2)14-8-10-19-11-9-14)17(12-26-18)15-4-6-16(7-5-15)23(24)25/h4-12H,3H2,1-2H3. The molecule has 0 aliphatic carbocycles. The number of nitro groups is 1. The van der Waals surface area contributed by atoms with Gasteiger partial charge in [0.15, 0.2) is 0 Å². The first-order valence-corrected chi connectivity index (χ1v) is 8.90. The first-order chi connectivity index (χ1) is 12.6. The summed E-state index contributed by atoms with van der Waals surface area (Å²) in [5.74, 6) is 0. The molecule has 0 fully saturated rings. The van der Waals surface area contributed by atoms with Gasteiger partial charge in [-0.25, -0.2) is 4.68 Å². The Kier molecular flexibility index (Phi) is 5.33. The molecule has 0 bridgehead atoms. The predicted octanol–water partition coefficient (Wildman–Crippen LogP) is 3.71. The lowest BCUT2D eigenvalue weighted by molar-refractivity contribution is -0.384. The molecule has 3 rings (SSSR count). The van der Waals surface area contributed by atoms with Crippen molar-refractivity contribution < 1.29 is 4.92 Å². The zero-order chi connectivity index (χ0) is 18.5. The van der Waals surface area contributed by atoms with Crippen molar-refractivity contribution in [1.82, 2.24) is 9.66 Å². The molecule has 2 heterocycles. The highest BCUT2D eigenvalue weighted by Crippen LogP contribution is 2.23. The Morgan fingerprint density at radius 3 is 2.54 bits per heavy atom. The maximum atomic E-state index is 10.9. The molecule has 0 N–H and O–H groups in total. The van der Waals surface area contributed by atoms with Crippen molar-refractivity contribution in [3.8, 4) is 11.3 Å². The van der Waals surface area contributed by atoms with E-state index in [2.05, 4.69) is 9.98 Å². The molecule has 0 aliphatic rings. The van der Waals surface area contributed by atoms with Crippen molar-refractivity contribution in [3.05, 3.63) is 74.7 Å². The first kappa shape index (κ1) is 17.7. The molecule has 1 aromatic carbocycles. The number of hydrogen-bond donors (Lipinski definition) is 0. The molecule has 8 heteroatoms. The Morgan fingerprint density at radius 1 is 1.23 bits per heavy atom. The number of hydrogen-bond acceptors (Lipinski definition) is 6. The second kappa shape index (κ2) is 7.83. The van der Waals surface area contributed by atoms with Crippen LogP contribution in [0.25, 0.3) is 11.3 Å². The van der Waals surface area contributed by atoms with Gasteiger partial charge in [0.25, 0.3) is 5.69 Å². The van der Waals surface area contributed by atoms with Gasteiger partial charge in [-0.2, -0.15) is 5.10 Å². The number of aromatic nitrogens is 2. The average Bonchev–Trinajstić information content (AvgIpc) is 3.05. The molecule has 3 aromatic rings. The summed E-state index contributed by atoms with van der Waals surface area (Å²) < 4.78 is 1.78. The monoisotopic (exact) mass is 367 g/mol. The summed E-state index contributed by atoms with van der Waals surface area (Å²) in [6.07, 6.45) is 3.45. The lowest BCUT2D eigenvalue weighted by Gasteiger charge is -2.06. The van der Waals surface area contributed by atoms with Crippen LogP contribution in [0.5, 0.6) is 0 Å². The van der Waals surface area contributed by atoms with Crippen LogP contribution in [-0.2, 0) is 0 Å². The third-order valence-electron chi connectivity index (χ3n) is 3.70. The number of pyridine rings is 1. The summed E-state index contributed by atoms with van der Waals surface area (Å²) in [6, 6.07) is 10.2. The van der Waals surface area contributed by atoms with Gasteiger partial charge in [-0.15, -0.1) is 11.3 Å². The van der Waals surface area contributed by atoms with Crippen LogP contribution in [0.15, 0.2) is 64.3 Å².